The average Bonchev–Trinajstić information content (AvgIpc) is 3.09. The number of benzene rings is 4. The molecule has 4 aromatic rings. The van der Waals surface area contributed by atoms with Crippen LogP contribution >= 0.6 is 23.2 Å². The van der Waals surface area contributed by atoms with Gasteiger partial charge < -0.3 is 11.5 Å². The zero-order chi connectivity index (χ0) is 35.7. The Bertz CT molecular complexity index is 1540. The summed E-state index contributed by atoms with van der Waals surface area (Å²) in [5, 5.41) is 1.69. The highest BCUT2D eigenvalue weighted by Crippen LogP contribution is 2.36. The lowest BCUT2D eigenvalue weighted by atomic mass is 9.91. The van der Waals surface area contributed by atoms with Gasteiger partial charge in [0.1, 0.15) is 0 Å². The first kappa shape index (κ1) is 39.5. The van der Waals surface area contributed by atoms with Gasteiger partial charge in [0.15, 0.2) is 0 Å². The van der Waals surface area contributed by atoms with E-state index in [-0.39, 0.29) is 0 Å². The first-order chi connectivity index (χ1) is 22.9. The molecule has 260 valence electrons. The summed E-state index contributed by atoms with van der Waals surface area (Å²) < 4.78 is 0. The smallest absolute Gasteiger partial charge is 0.0493 e. The maximum atomic E-state index is 6.76. The number of hydrogen-bond acceptors (Lipinski definition) is 2. The molecule has 0 radical (unpaired) electrons. The number of rotatable bonds is 12. The van der Waals surface area contributed by atoms with Crippen LogP contribution in [0.3, 0.4) is 0 Å². The Morgan fingerprint density at radius 1 is 0.396 bits per heavy atom. The standard InChI is InChI=1S/C22H29Cl2N.C22H31N/c1-6-14-10-16(20(23)18(8-3)13(14)5)12-17-11-15(7-2)22(25)19(9-4)21(17)24;1-6-18-11-16(12-19(7-2)15(18)5)10-17-13-20(8-3)22(23)21(9-4)14-17/h10-11H,6-9,12,25H2,1-5H3;11-14H,6-10,23H2,1-5H3. The van der Waals surface area contributed by atoms with Crippen molar-refractivity contribution in [3.8, 4) is 0 Å². The van der Waals surface area contributed by atoms with Gasteiger partial charge in [-0.05, 0) is 150 Å². The number of nitrogens with two attached hydrogens (primary N) is 2. The minimum atomic E-state index is 0.748. The summed E-state index contributed by atoms with van der Waals surface area (Å²) in [5.74, 6) is 0. The molecule has 0 heterocycles. The molecule has 4 heteroatoms. The average molecular weight is 688 g/mol. The second kappa shape index (κ2) is 18.2. The molecule has 2 nitrogen and oxygen atoms in total. The third-order valence-electron chi connectivity index (χ3n) is 10.3. The van der Waals surface area contributed by atoms with E-state index in [1.165, 1.54) is 61.2 Å². The fourth-order valence-electron chi connectivity index (χ4n) is 7.20. The largest absolute Gasteiger partial charge is 0.398 e. The molecular formula is C44H60Cl2N2. The Balaban J connectivity index is 0.000000261. The topological polar surface area (TPSA) is 52.0 Å². The molecule has 0 atom stereocenters. The molecule has 0 saturated carbocycles. The molecule has 0 aliphatic heterocycles. The summed E-state index contributed by atoms with van der Waals surface area (Å²) in [4.78, 5) is 0. The molecule has 0 amide bonds. The van der Waals surface area contributed by atoms with Crippen LogP contribution in [0.4, 0.5) is 11.4 Å². The van der Waals surface area contributed by atoms with Crippen LogP contribution in [0.2, 0.25) is 10.0 Å². The highest BCUT2D eigenvalue weighted by molar-refractivity contribution is 6.33. The first-order valence-electron chi connectivity index (χ1n) is 18.3. The molecule has 4 aromatic carbocycles. The van der Waals surface area contributed by atoms with Crippen molar-refractivity contribution in [2.45, 2.75) is 133 Å². The third kappa shape index (κ3) is 8.80. The van der Waals surface area contributed by atoms with E-state index in [4.69, 9.17) is 34.7 Å². The molecule has 0 aliphatic rings. The van der Waals surface area contributed by atoms with E-state index in [1.54, 1.807) is 0 Å². The molecule has 4 rings (SSSR count). The molecule has 4 N–H and O–H groups in total. The monoisotopic (exact) mass is 686 g/mol. The van der Waals surface area contributed by atoms with Crippen molar-refractivity contribution in [3.63, 3.8) is 0 Å². The van der Waals surface area contributed by atoms with E-state index in [0.29, 0.717) is 0 Å². The Kier molecular flexibility index (Phi) is 14.9. The van der Waals surface area contributed by atoms with Crippen LogP contribution in [-0.2, 0) is 64.2 Å². The molecule has 0 unspecified atom stereocenters. The number of nitrogen functional groups attached to an aromatic ring is 2. The normalized spacial score (nSPS) is 11.1. The van der Waals surface area contributed by atoms with Crippen molar-refractivity contribution < 1.29 is 0 Å². The van der Waals surface area contributed by atoms with Gasteiger partial charge in [0.25, 0.3) is 0 Å². The number of anilines is 2. The lowest BCUT2D eigenvalue weighted by Gasteiger charge is -2.19. The summed E-state index contributed by atoms with van der Waals surface area (Å²) in [6, 6.07) is 13.8. The van der Waals surface area contributed by atoms with Gasteiger partial charge in [-0.1, -0.05) is 115 Å². The van der Waals surface area contributed by atoms with Gasteiger partial charge >= 0.3 is 0 Å². The predicted octanol–water partition coefficient (Wildman–Crippen LogP) is 12.1. The Morgan fingerprint density at radius 2 is 0.750 bits per heavy atom. The van der Waals surface area contributed by atoms with E-state index in [2.05, 4.69) is 106 Å². The minimum absolute atomic E-state index is 0.748. The van der Waals surface area contributed by atoms with Gasteiger partial charge in [-0.15, -0.1) is 0 Å². The van der Waals surface area contributed by atoms with Gasteiger partial charge in [-0.25, -0.2) is 0 Å². The predicted molar refractivity (Wildman–Crippen MR) is 215 cm³/mol. The Hall–Kier alpha value is -2.94. The van der Waals surface area contributed by atoms with Crippen molar-refractivity contribution >= 4 is 34.6 Å². The van der Waals surface area contributed by atoms with Gasteiger partial charge in [0.05, 0.1) is 0 Å². The van der Waals surface area contributed by atoms with Crippen LogP contribution in [0.25, 0.3) is 0 Å². The zero-order valence-corrected chi connectivity index (χ0v) is 33.0. The molecule has 0 spiro atoms. The summed E-state index contributed by atoms with van der Waals surface area (Å²) >= 11 is 13.5. The summed E-state index contributed by atoms with van der Waals surface area (Å²) in [5.41, 5.74) is 32.7. The quantitative estimate of drug-likeness (QED) is 0.146. The van der Waals surface area contributed by atoms with Gasteiger partial charge in [0, 0.05) is 27.8 Å². The van der Waals surface area contributed by atoms with Crippen LogP contribution < -0.4 is 11.5 Å². The van der Waals surface area contributed by atoms with Crippen LogP contribution in [0.15, 0.2) is 36.4 Å². The molecule has 0 aromatic heterocycles. The summed E-state index contributed by atoms with van der Waals surface area (Å²) in [6.45, 7) is 21.9. The molecule has 0 saturated heterocycles. The van der Waals surface area contributed by atoms with Crippen molar-refractivity contribution in [2.75, 3.05) is 11.5 Å². The second-order valence-corrected chi connectivity index (χ2v) is 13.8. The molecule has 48 heavy (non-hydrogen) atoms. The van der Waals surface area contributed by atoms with Crippen LogP contribution in [0.5, 0.6) is 0 Å². The van der Waals surface area contributed by atoms with Crippen LogP contribution in [-0.4, -0.2) is 0 Å². The highest BCUT2D eigenvalue weighted by Gasteiger charge is 2.17. The van der Waals surface area contributed by atoms with E-state index >= 15 is 0 Å². The third-order valence-corrected chi connectivity index (χ3v) is 11.2. The van der Waals surface area contributed by atoms with Crippen molar-refractivity contribution in [1.29, 1.82) is 0 Å². The minimum Gasteiger partial charge on any atom is -0.398 e. The number of aryl methyl sites for hydroxylation is 6. The van der Waals surface area contributed by atoms with E-state index in [1.807, 2.05) is 0 Å². The maximum absolute atomic E-state index is 6.76. The van der Waals surface area contributed by atoms with Crippen LogP contribution in [0.1, 0.15) is 133 Å². The summed E-state index contributed by atoms with van der Waals surface area (Å²) in [7, 11) is 0. The summed E-state index contributed by atoms with van der Waals surface area (Å²) in [6.07, 6.45) is 9.67. The Morgan fingerprint density at radius 3 is 1.17 bits per heavy atom. The Labute approximate surface area is 302 Å². The van der Waals surface area contributed by atoms with Crippen molar-refractivity contribution in [3.05, 3.63) is 124 Å². The molecule has 0 bridgehead atoms. The number of halogens is 2. The van der Waals surface area contributed by atoms with E-state index in [9.17, 15) is 0 Å². The molecular weight excluding hydrogens is 627 g/mol. The SMILES string of the molecule is CCc1cc(Cc2cc(CC)c(N)c(CC)c2)cc(CC)c1C.CCc1cc(Cc2cc(CC)c(N)c(CC)c2Cl)c(Cl)c(CC)c1C. The van der Waals surface area contributed by atoms with Crippen LogP contribution in [0, 0.1) is 13.8 Å². The van der Waals surface area contributed by atoms with Gasteiger partial charge in [0.2, 0.25) is 0 Å². The highest BCUT2D eigenvalue weighted by atomic mass is 35.5. The first-order valence-corrected chi connectivity index (χ1v) is 19.1. The van der Waals surface area contributed by atoms with E-state index < -0.39 is 0 Å². The molecule has 0 fully saturated rings. The van der Waals surface area contributed by atoms with E-state index in [0.717, 1.165) is 102 Å². The lowest BCUT2D eigenvalue weighted by Crippen LogP contribution is -2.05. The fourth-order valence-corrected chi connectivity index (χ4v) is 7.96. The second-order valence-electron chi connectivity index (χ2n) is 13.1. The van der Waals surface area contributed by atoms with Crippen molar-refractivity contribution in [1.82, 2.24) is 0 Å². The fraction of sp³-hybridized carbons (Fsp3) is 0.455. The molecule has 0 aliphatic carbocycles. The maximum Gasteiger partial charge on any atom is 0.0493 e. The van der Waals surface area contributed by atoms with Crippen molar-refractivity contribution in [2.24, 2.45) is 0 Å². The lowest BCUT2D eigenvalue weighted by molar-refractivity contribution is 1.01. The number of hydrogen-bond donors (Lipinski definition) is 2. The van der Waals surface area contributed by atoms with Gasteiger partial charge in [-0.2, -0.15) is 0 Å². The zero-order valence-electron chi connectivity index (χ0n) is 31.4. The van der Waals surface area contributed by atoms with Gasteiger partial charge in [-0.3, -0.25) is 0 Å².